The van der Waals surface area contributed by atoms with Crippen molar-refractivity contribution in [2.24, 2.45) is 0 Å². The first-order valence-electron chi connectivity index (χ1n) is 7.23. The molecule has 0 aromatic heterocycles. The summed E-state index contributed by atoms with van der Waals surface area (Å²) in [5.74, 6) is -0.410. The Labute approximate surface area is 130 Å². The van der Waals surface area contributed by atoms with Crippen molar-refractivity contribution in [3.63, 3.8) is 0 Å². The standard InChI is InChI=1S/C19H20O3/c1-19(21,17-11-6-3-7-12-17)14-8-13-18(20)22-15-16-9-4-2-5-10-16/h2-13,21H,14-15H2,1H3/b13-8+. The average molecular weight is 296 g/mol. The smallest absolute Gasteiger partial charge is 0.330 e. The lowest BCUT2D eigenvalue weighted by Crippen LogP contribution is -2.19. The summed E-state index contributed by atoms with van der Waals surface area (Å²) in [6, 6.07) is 18.9. The van der Waals surface area contributed by atoms with Crippen LogP contribution >= 0.6 is 0 Å². The first-order valence-corrected chi connectivity index (χ1v) is 7.23. The molecule has 0 aliphatic heterocycles. The molecule has 2 aromatic carbocycles. The minimum absolute atomic E-state index is 0.249. The molecule has 1 N–H and O–H groups in total. The molecule has 0 aliphatic carbocycles. The Bertz CT molecular complexity index is 616. The monoisotopic (exact) mass is 296 g/mol. The first-order chi connectivity index (χ1) is 10.6. The maximum absolute atomic E-state index is 11.6. The van der Waals surface area contributed by atoms with Crippen LogP contribution in [0.15, 0.2) is 72.8 Å². The highest BCUT2D eigenvalue weighted by Crippen LogP contribution is 2.24. The van der Waals surface area contributed by atoms with Gasteiger partial charge >= 0.3 is 5.97 Å². The van der Waals surface area contributed by atoms with Crippen molar-refractivity contribution in [1.29, 1.82) is 0 Å². The Kier molecular flexibility index (Phi) is 5.50. The number of carbonyl (C=O) groups is 1. The highest BCUT2D eigenvalue weighted by Gasteiger charge is 2.20. The molecule has 0 aliphatic rings. The molecule has 2 aromatic rings. The van der Waals surface area contributed by atoms with Gasteiger partial charge in [-0.15, -0.1) is 0 Å². The summed E-state index contributed by atoms with van der Waals surface area (Å²) in [5.41, 5.74) is 0.759. The van der Waals surface area contributed by atoms with Gasteiger partial charge in [-0.1, -0.05) is 66.7 Å². The molecule has 3 nitrogen and oxygen atoms in total. The summed E-state index contributed by atoms with van der Waals surface area (Å²) in [7, 11) is 0. The number of ether oxygens (including phenoxy) is 1. The molecular weight excluding hydrogens is 276 g/mol. The Balaban J connectivity index is 1.83. The van der Waals surface area contributed by atoms with Gasteiger partial charge in [-0.2, -0.15) is 0 Å². The van der Waals surface area contributed by atoms with Crippen molar-refractivity contribution in [1.82, 2.24) is 0 Å². The van der Waals surface area contributed by atoms with Gasteiger partial charge in [0, 0.05) is 6.08 Å². The molecule has 1 unspecified atom stereocenters. The van der Waals surface area contributed by atoms with E-state index in [1.807, 2.05) is 60.7 Å². The van der Waals surface area contributed by atoms with Gasteiger partial charge in [0.1, 0.15) is 6.61 Å². The second-order valence-corrected chi connectivity index (χ2v) is 5.34. The number of benzene rings is 2. The van der Waals surface area contributed by atoms with E-state index in [1.165, 1.54) is 6.08 Å². The number of hydrogen-bond acceptors (Lipinski definition) is 3. The fraction of sp³-hybridized carbons (Fsp3) is 0.211. The summed E-state index contributed by atoms with van der Waals surface area (Å²) < 4.78 is 5.14. The fourth-order valence-corrected chi connectivity index (χ4v) is 2.08. The summed E-state index contributed by atoms with van der Waals surface area (Å²) in [6.45, 7) is 1.97. The van der Waals surface area contributed by atoms with Crippen LogP contribution in [0.5, 0.6) is 0 Å². The van der Waals surface area contributed by atoms with Gasteiger partial charge in [-0.25, -0.2) is 4.79 Å². The SMILES string of the molecule is CC(O)(C/C=C/C(=O)OCc1ccccc1)c1ccccc1. The van der Waals surface area contributed by atoms with E-state index in [0.29, 0.717) is 6.42 Å². The summed E-state index contributed by atoms with van der Waals surface area (Å²) in [4.78, 5) is 11.6. The van der Waals surface area contributed by atoms with Gasteiger partial charge in [0.05, 0.1) is 5.60 Å². The van der Waals surface area contributed by atoms with Crippen LogP contribution < -0.4 is 0 Å². The lowest BCUT2D eigenvalue weighted by atomic mass is 9.92. The normalized spacial score (nSPS) is 13.7. The van der Waals surface area contributed by atoms with E-state index in [1.54, 1.807) is 13.0 Å². The third kappa shape index (κ3) is 4.86. The predicted molar refractivity (Wildman–Crippen MR) is 86.0 cm³/mol. The number of rotatable bonds is 6. The van der Waals surface area contributed by atoms with Crippen LogP contribution in [-0.2, 0) is 21.7 Å². The molecule has 114 valence electrons. The first kappa shape index (κ1) is 16.0. The molecule has 0 amide bonds. The summed E-state index contributed by atoms with van der Waals surface area (Å²) in [5, 5.41) is 10.4. The van der Waals surface area contributed by atoms with E-state index in [-0.39, 0.29) is 6.61 Å². The maximum atomic E-state index is 11.6. The molecule has 3 heteroatoms. The summed E-state index contributed by atoms with van der Waals surface area (Å²) in [6.07, 6.45) is 3.35. The molecular formula is C19H20O3. The lowest BCUT2D eigenvalue weighted by molar-refractivity contribution is -0.139. The van der Waals surface area contributed by atoms with Gasteiger partial charge in [-0.3, -0.25) is 0 Å². The molecule has 0 fully saturated rings. The molecule has 1 atom stereocenters. The van der Waals surface area contributed by atoms with Crippen LogP contribution in [0.1, 0.15) is 24.5 Å². The molecule has 0 bridgehead atoms. The number of hydrogen-bond donors (Lipinski definition) is 1. The van der Waals surface area contributed by atoms with Crippen molar-refractivity contribution in [2.45, 2.75) is 25.6 Å². The molecule has 22 heavy (non-hydrogen) atoms. The highest BCUT2D eigenvalue weighted by atomic mass is 16.5. The Morgan fingerprint density at radius 3 is 2.32 bits per heavy atom. The second kappa shape index (κ2) is 7.57. The average Bonchev–Trinajstić information content (AvgIpc) is 2.54. The van der Waals surface area contributed by atoms with Gasteiger partial charge in [0.25, 0.3) is 0 Å². The quantitative estimate of drug-likeness (QED) is 0.654. The number of esters is 1. The van der Waals surface area contributed by atoms with Crippen LogP contribution in [0.4, 0.5) is 0 Å². The number of carbonyl (C=O) groups excluding carboxylic acids is 1. The largest absolute Gasteiger partial charge is 0.458 e. The Morgan fingerprint density at radius 2 is 1.68 bits per heavy atom. The zero-order valence-electron chi connectivity index (χ0n) is 12.6. The van der Waals surface area contributed by atoms with E-state index >= 15 is 0 Å². The zero-order chi connectivity index (χ0) is 15.8. The third-order valence-electron chi connectivity index (χ3n) is 3.39. The predicted octanol–water partition coefficient (Wildman–Crippen LogP) is 3.58. The van der Waals surface area contributed by atoms with Crippen LogP contribution in [0.2, 0.25) is 0 Å². The lowest BCUT2D eigenvalue weighted by Gasteiger charge is -2.21. The van der Waals surface area contributed by atoms with E-state index < -0.39 is 11.6 Å². The molecule has 2 rings (SSSR count). The summed E-state index contributed by atoms with van der Waals surface area (Å²) >= 11 is 0. The van der Waals surface area contributed by atoms with Gasteiger partial charge in [0.15, 0.2) is 0 Å². The maximum Gasteiger partial charge on any atom is 0.330 e. The van der Waals surface area contributed by atoms with E-state index in [0.717, 1.165) is 11.1 Å². The minimum atomic E-state index is -1.00. The molecule has 0 saturated heterocycles. The van der Waals surface area contributed by atoms with Crippen molar-refractivity contribution in [3.8, 4) is 0 Å². The van der Waals surface area contributed by atoms with Crippen molar-refractivity contribution in [3.05, 3.63) is 83.9 Å². The van der Waals surface area contributed by atoms with Crippen LogP contribution in [0.3, 0.4) is 0 Å². The second-order valence-electron chi connectivity index (χ2n) is 5.34. The Hall–Kier alpha value is -2.39. The van der Waals surface area contributed by atoms with Crippen molar-refractivity contribution >= 4 is 5.97 Å². The third-order valence-corrected chi connectivity index (χ3v) is 3.39. The molecule has 0 spiro atoms. The van der Waals surface area contributed by atoms with Crippen LogP contribution in [-0.4, -0.2) is 11.1 Å². The zero-order valence-corrected chi connectivity index (χ0v) is 12.6. The van der Waals surface area contributed by atoms with E-state index in [4.69, 9.17) is 4.74 Å². The number of aliphatic hydroxyl groups is 1. The highest BCUT2D eigenvalue weighted by molar-refractivity contribution is 5.81. The minimum Gasteiger partial charge on any atom is -0.458 e. The topological polar surface area (TPSA) is 46.5 Å². The van der Waals surface area contributed by atoms with Gasteiger partial charge in [0.2, 0.25) is 0 Å². The van der Waals surface area contributed by atoms with Crippen molar-refractivity contribution < 1.29 is 14.6 Å². The van der Waals surface area contributed by atoms with E-state index in [2.05, 4.69) is 0 Å². The van der Waals surface area contributed by atoms with Gasteiger partial charge in [-0.05, 0) is 24.5 Å². The van der Waals surface area contributed by atoms with E-state index in [9.17, 15) is 9.90 Å². The molecule has 0 heterocycles. The van der Waals surface area contributed by atoms with Crippen LogP contribution in [0, 0.1) is 0 Å². The molecule has 0 radical (unpaired) electrons. The van der Waals surface area contributed by atoms with Crippen molar-refractivity contribution in [2.75, 3.05) is 0 Å². The van der Waals surface area contributed by atoms with Gasteiger partial charge < -0.3 is 9.84 Å². The van der Waals surface area contributed by atoms with Crippen LogP contribution in [0.25, 0.3) is 0 Å². The Morgan fingerprint density at radius 1 is 1.09 bits per heavy atom. The molecule has 0 saturated carbocycles. The fourth-order valence-electron chi connectivity index (χ4n) is 2.08.